The standard InChI is InChI=1S/C53H45N5/c1-3-14-35(15-4-1)51-54-52(36-16-5-2-6-17-36)56-53(55-51)44-22-13-18-34-26-28-40(33-45(34)44)58-49-25-12-9-21-43(49)46-31-38-30-39(29-27-37(38)32-50(46)58)57-47-23-10-7-19-41(47)42-20-8-11-24-48(42)57/h1-7,9-12,14-16,18-19,21,23-33,36,51-56H,8,13,17,20,22H2. The molecule has 5 nitrogen and oxygen atoms in total. The van der Waals surface area contributed by atoms with Gasteiger partial charge in [0.05, 0.1) is 35.0 Å². The highest BCUT2D eigenvalue weighted by atomic mass is 15.4. The lowest BCUT2D eigenvalue weighted by Crippen LogP contribution is -2.66. The van der Waals surface area contributed by atoms with E-state index in [1.165, 1.54) is 87.7 Å². The van der Waals surface area contributed by atoms with Gasteiger partial charge in [-0.05, 0) is 125 Å². The predicted molar refractivity (Wildman–Crippen MR) is 241 cm³/mol. The molecule has 6 aromatic carbocycles. The minimum absolute atomic E-state index is 0.0215. The summed E-state index contributed by atoms with van der Waals surface area (Å²) < 4.78 is 4.95. The fourth-order valence-corrected chi connectivity index (χ4v) is 10.3. The van der Waals surface area contributed by atoms with Crippen LogP contribution in [0.5, 0.6) is 0 Å². The van der Waals surface area contributed by atoms with Crippen LogP contribution in [0.1, 0.15) is 48.7 Å². The fourth-order valence-electron chi connectivity index (χ4n) is 10.3. The molecule has 0 spiro atoms. The van der Waals surface area contributed by atoms with Crippen LogP contribution in [0.25, 0.3) is 72.6 Å². The summed E-state index contributed by atoms with van der Waals surface area (Å²) >= 11 is 0. The average molecular weight is 752 g/mol. The Morgan fingerprint density at radius 3 is 2.22 bits per heavy atom. The topological polar surface area (TPSA) is 46.0 Å². The van der Waals surface area contributed by atoms with Gasteiger partial charge < -0.3 is 9.13 Å². The van der Waals surface area contributed by atoms with Crippen LogP contribution in [0.4, 0.5) is 0 Å². The van der Waals surface area contributed by atoms with Gasteiger partial charge in [0.2, 0.25) is 0 Å². The third kappa shape index (κ3) is 5.49. The van der Waals surface area contributed by atoms with Crippen LogP contribution in [0.3, 0.4) is 0 Å². The molecule has 12 rings (SSSR count). The predicted octanol–water partition coefficient (Wildman–Crippen LogP) is 9.83. The maximum absolute atomic E-state index is 4.04. The van der Waals surface area contributed by atoms with E-state index >= 15 is 0 Å². The normalized spacial score (nSPS) is 21.5. The van der Waals surface area contributed by atoms with E-state index in [4.69, 9.17) is 0 Å². The molecule has 58 heavy (non-hydrogen) atoms. The number of benzene rings is 6. The highest BCUT2D eigenvalue weighted by molar-refractivity contribution is 6.13. The Morgan fingerprint density at radius 1 is 0.552 bits per heavy atom. The van der Waals surface area contributed by atoms with Crippen LogP contribution in [0.2, 0.25) is 0 Å². The molecule has 4 aliphatic rings. The maximum Gasteiger partial charge on any atom is 0.0862 e. The molecule has 1 aliphatic heterocycles. The van der Waals surface area contributed by atoms with Gasteiger partial charge in [-0.3, -0.25) is 16.0 Å². The number of allylic oxidation sites excluding steroid dienone is 4. The van der Waals surface area contributed by atoms with Crippen molar-refractivity contribution in [3.05, 3.63) is 185 Å². The van der Waals surface area contributed by atoms with E-state index in [-0.39, 0.29) is 18.5 Å². The molecule has 0 bridgehead atoms. The first-order chi connectivity index (χ1) is 28.7. The molecule has 5 heteroatoms. The first-order valence-electron chi connectivity index (χ1n) is 21.0. The van der Waals surface area contributed by atoms with Gasteiger partial charge in [0.15, 0.2) is 0 Å². The van der Waals surface area contributed by atoms with E-state index in [0.29, 0.717) is 5.92 Å². The zero-order valence-electron chi connectivity index (χ0n) is 32.4. The summed E-state index contributed by atoms with van der Waals surface area (Å²) in [6.45, 7) is 0. The SMILES string of the molecule is C1=CCC(C2NC(C3=c4cc(-n5c6ccccc6c6cc7cc(-n8c9c(c%10ccccc%108)CCC=C9)ccc7cc65)ccc4=CCC3)NC(c3ccccc3)N2)C=C1. The highest BCUT2D eigenvalue weighted by Gasteiger charge is 2.33. The van der Waals surface area contributed by atoms with Crippen molar-refractivity contribution in [2.24, 2.45) is 5.92 Å². The van der Waals surface area contributed by atoms with Crippen LogP contribution in [0, 0.1) is 5.92 Å². The summed E-state index contributed by atoms with van der Waals surface area (Å²) in [4.78, 5) is 0. The number of hydrogen-bond donors (Lipinski definition) is 3. The number of aryl methyl sites for hydroxylation is 1. The molecule has 282 valence electrons. The maximum atomic E-state index is 4.04. The minimum atomic E-state index is 0.0215. The van der Waals surface area contributed by atoms with Crippen molar-refractivity contribution >= 4 is 61.2 Å². The van der Waals surface area contributed by atoms with Crippen molar-refractivity contribution < 1.29 is 0 Å². The number of nitrogens with one attached hydrogen (secondary N) is 3. The minimum Gasteiger partial charge on any atom is -0.310 e. The van der Waals surface area contributed by atoms with Gasteiger partial charge >= 0.3 is 0 Å². The lowest BCUT2D eigenvalue weighted by atomic mass is 9.92. The number of aromatic nitrogens is 2. The van der Waals surface area contributed by atoms with Crippen molar-refractivity contribution in [2.45, 2.75) is 50.6 Å². The van der Waals surface area contributed by atoms with Gasteiger partial charge in [0.1, 0.15) is 0 Å². The van der Waals surface area contributed by atoms with E-state index in [1.54, 1.807) is 0 Å². The summed E-state index contributed by atoms with van der Waals surface area (Å²) in [7, 11) is 0. The van der Waals surface area contributed by atoms with E-state index in [2.05, 4.69) is 195 Å². The zero-order valence-corrected chi connectivity index (χ0v) is 32.4. The largest absolute Gasteiger partial charge is 0.310 e. The van der Waals surface area contributed by atoms with Gasteiger partial charge in [-0.1, -0.05) is 115 Å². The Morgan fingerprint density at radius 2 is 1.34 bits per heavy atom. The molecule has 0 amide bonds. The van der Waals surface area contributed by atoms with Crippen LogP contribution in [-0.2, 0) is 6.42 Å². The number of rotatable bonds is 5. The monoisotopic (exact) mass is 751 g/mol. The lowest BCUT2D eigenvalue weighted by Gasteiger charge is -2.43. The number of para-hydroxylation sites is 2. The quantitative estimate of drug-likeness (QED) is 0.164. The fraction of sp³-hybridized carbons (Fsp3) is 0.170. The lowest BCUT2D eigenvalue weighted by molar-refractivity contribution is 0.194. The van der Waals surface area contributed by atoms with E-state index in [1.807, 2.05) is 0 Å². The third-order valence-corrected chi connectivity index (χ3v) is 13.1. The molecule has 3 N–H and O–H groups in total. The first kappa shape index (κ1) is 33.9. The highest BCUT2D eigenvalue weighted by Crippen LogP contribution is 2.38. The molecule has 1 fully saturated rings. The summed E-state index contributed by atoms with van der Waals surface area (Å²) in [6, 6.07) is 47.6. The molecule has 8 aromatic rings. The Bertz CT molecular complexity index is 3160. The van der Waals surface area contributed by atoms with Crippen LogP contribution in [-0.4, -0.2) is 21.5 Å². The molecule has 3 aliphatic carbocycles. The Kier molecular flexibility index (Phi) is 8.00. The number of hydrogen-bond acceptors (Lipinski definition) is 3. The molecule has 0 radical (unpaired) electrons. The van der Waals surface area contributed by atoms with Crippen molar-refractivity contribution in [1.29, 1.82) is 0 Å². The second-order valence-electron chi connectivity index (χ2n) is 16.4. The molecule has 3 heterocycles. The molecule has 4 atom stereocenters. The smallest absolute Gasteiger partial charge is 0.0862 e. The molecule has 1 saturated heterocycles. The molecular weight excluding hydrogens is 707 g/mol. The van der Waals surface area contributed by atoms with Gasteiger partial charge in [-0.2, -0.15) is 0 Å². The zero-order chi connectivity index (χ0) is 38.2. The second-order valence-corrected chi connectivity index (χ2v) is 16.4. The Labute approximate surface area is 338 Å². The van der Waals surface area contributed by atoms with Crippen LogP contribution in [0.15, 0.2) is 158 Å². The van der Waals surface area contributed by atoms with Crippen molar-refractivity contribution in [3.63, 3.8) is 0 Å². The van der Waals surface area contributed by atoms with Crippen LogP contribution >= 0.6 is 0 Å². The average Bonchev–Trinajstić information content (AvgIpc) is 3.80. The Balaban J connectivity index is 0.999. The van der Waals surface area contributed by atoms with Gasteiger partial charge in [0, 0.05) is 39.1 Å². The Hall–Kier alpha value is -6.24. The molecule has 4 unspecified atom stereocenters. The van der Waals surface area contributed by atoms with Crippen molar-refractivity contribution in [1.82, 2.24) is 25.1 Å². The molecule has 0 saturated carbocycles. The first-order valence-corrected chi connectivity index (χ1v) is 21.0. The summed E-state index contributed by atoms with van der Waals surface area (Å²) in [5.41, 5.74) is 11.6. The summed E-state index contributed by atoms with van der Waals surface area (Å²) in [5.74, 6) is 0.371. The molecule has 2 aromatic heterocycles. The summed E-state index contributed by atoms with van der Waals surface area (Å²) in [5, 5.41) is 21.0. The van der Waals surface area contributed by atoms with Gasteiger partial charge in [-0.25, -0.2) is 0 Å². The number of nitrogens with zero attached hydrogens (tertiary/aromatic N) is 2. The van der Waals surface area contributed by atoms with Crippen molar-refractivity contribution in [2.75, 3.05) is 0 Å². The summed E-state index contributed by atoms with van der Waals surface area (Å²) in [6.07, 6.45) is 21.5. The van der Waals surface area contributed by atoms with Gasteiger partial charge in [-0.15, -0.1) is 0 Å². The van der Waals surface area contributed by atoms with E-state index < -0.39 is 0 Å². The van der Waals surface area contributed by atoms with E-state index in [0.717, 1.165) is 32.1 Å². The third-order valence-electron chi connectivity index (χ3n) is 13.1. The van der Waals surface area contributed by atoms with Crippen molar-refractivity contribution in [3.8, 4) is 11.4 Å². The second kappa shape index (κ2) is 13.7. The van der Waals surface area contributed by atoms with Crippen LogP contribution < -0.4 is 26.4 Å². The van der Waals surface area contributed by atoms with E-state index in [9.17, 15) is 0 Å². The number of fused-ring (bicyclic) bond motifs is 8. The van der Waals surface area contributed by atoms with Gasteiger partial charge in [0.25, 0.3) is 0 Å². The molecular formula is C53H45N5.